The first kappa shape index (κ1) is 39.2. The second-order valence-corrected chi connectivity index (χ2v) is 19.5. The highest BCUT2D eigenvalue weighted by atomic mass is 35.5. The molecule has 13 nitrogen and oxygen atoms in total. The molecule has 15 heteroatoms. The smallest absolute Gasteiger partial charge is 0.259 e. The number of piperidine rings is 1. The number of nitrogens with one attached hydrogen (secondary N) is 2. The summed E-state index contributed by atoms with van der Waals surface area (Å²) in [6.45, 7) is 10.8. The number of likely N-dealkylation sites (tertiary alicyclic amines) is 2. The number of fused-ring (bicyclic) bond motifs is 5. The van der Waals surface area contributed by atoms with Crippen LogP contribution in [0.1, 0.15) is 72.1 Å². The summed E-state index contributed by atoms with van der Waals surface area (Å²) in [4.78, 5) is 64.9. The zero-order chi connectivity index (χ0) is 40.4. The summed E-state index contributed by atoms with van der Waals surface area (Å²) >= 11 is 6.37. The fourth-order valence-electron chi connectivity index (χ4n) is 8.43. The molecule has 0 bridgehead atoms. The Bertz CT molecular complexity index is 2420. The van der Waals surface area contributed by atoms with Crippen LogP contribution in [-0.4, -0.2) is 89.4 Å². The lowest BCUT2D eigenvalue weighted by atomic mass is 9.77. The molecule has 4 aliphatic rings. The lowest BCUT2D eigenvalue weighted by Crippen LogP contribution is -2.57. The van der Waals surface area contributed by atoms with Crippen molar-refractivity contribution in [2.24, 2.45) is 17.3 Å². The van der Waals surface area contributed by atoms with Crippen LogP contribution < -0.4 is 14.8 Å². The van der Waals surface area contributed by atoms with Gasteiger partial charge in [0.25, 0.3) is 5.91 Å². The molecule has 4 heterocycles. The van der Waals surface area contributed by atoms with E-state index in [2.05, 4.69) is 16.6 Å². The van der Waals surface area contributed by atoms with Crippen molar-refractivity contribution in [2.45, 2.75) is 95.1 Å². The lowest BCUT2D eigenvalue weighted by Gasteiger charge is -2.36. The number of aromatic nitrogens is 1. The van der Waals surface area contributed by atoms with Crippen LogP contribution in [0.4, 0.5) is 0 Å². The van der Waals surface area contributed by atoms with E-state index in [4.69, 9.17) is 25.7 Å². The maximum absolute atomic E-state index is 14.9. The van der Waals surface area contributed by atoms with Gasteiger partial charge < -0.3 is 24.3 Å². The lowest BCUT2D eigenvalue weighted by molar-refractivity contribution is -0.148. The second kappa shape index (κ2) is 14.6. The third kappa shape index (κ3) is 7.46. The Balaban J connectivity index is 1.13. The minimum Gasteiger partial charge on any atom is -0.472 e. The van der Waals surface area contributed by atoms with Gasteiger partial charge >= 0.3 is 0 Å². The van der Waals surface area contributed by atoms with E-state index < -0.39 is 62.0 Å². The molecule has 2 aliphatic heterocycles. The van der Waals surface area contributed by atoms with E-state index in [9.17, 15) is 27.6 Å². The minimum absolute atomic E-state index is 0.00639. The first-order valence-corrected chi connectivity index (χ1v) is 21.7. The van der Waals surface area contributed by atoms with E-state index in [-0.39, 0.29) is 43.5 Å². The number of furan rings is 1. The van der Waals surface area contributed by atoms with Crippen LogP contribution >= 0.6 is 11.6 Å². The summed E-state index contributed by atoms with van der Waals surface area (Å²) < 4.78 is 40.7. The largest absolute Gasteiger partial charge is 0.472 e. The fourth-order valence-corrected chi connectivity index (χ4v) is 9.97. The maximum atomic E-state index is 14.9. The highest BCUT2D eigenvalue weighted by Crippen LogP contribution is 2.46. The van der Waals surface area contributed by atoms with Gasteiger partial charge in [0.05, 0.1) is 17.7 Å². The average molecular weight is 818 g/mol. The molecule has 57 heavy (non-hydrogen) atoms. The maximum Gasteiger partial charge on any atom is 0.259 e. The number of carbonyl (C=O) groups excluding carboxylic acids is 4. The van der Waals surface area contributed by atoms with Crippen molar-refractivity contribution in [1.82, 2.24) is 24.8 Å². The number of hydrogen-bond donors (Lipinski definition) is 2. The number of nitrogens with zero attached hydrogens (tertiary/aromatic N) is 3. The molecule has 2 aromatic heterocycles. The van der Waals surface area contributed by atoms with Crippen molar-refractivity contribution in [2.75, 3.05) is 19.6 Å². The molecular formula is C42H48ClN5O8S. The Labute approximate surface area is 336 Å². The Morgan fingerprint density at radius 2 is 1.79 bits per heavy atom. The number of benzene rings is 2. The number of hydrogen-bond acceptors (Lipinski definition) is 9. The predicted molar refractivity (Wildman–Crippen MR) is 216 cm³/mol. The molecule has 2 aromatic carbocycles. The summed E-state index contributed by atoms with van der Waals surface area (Å²) in [5.74, 6) is -2.95. The van der Waals surface area contributed by atoms with Crippen LogP contribution in [0, 0.1) is 17.3 Å². The Kier molecular flexibility index (Phi) is 10.0. The van der Waals surface area contributed by atoms with Gasteiger partial charge in [0.1, 0.15) is 28.8 Å². The standard InChI is InChI=1S/C42H48ClN5O8S/c1-5-24-22-42(24,40(52)46-57(53,54)27-14-15-27)45-37(50)32-20-26(23-48(32)39(51)31(41(2,3)4)21-34(49)47-17-9-6-10-18-47)55-38-29-12-8-7-11-28(29)36-35(44-38)30-19-25(43)13-16-33(30)56-36/h5,7-8,11-13,16,19,24,26-27,31-32H,1,6,9-10,14-15,17-18,20-23H2,2-4H3,(H,45,50)(H,46,52)/t24-,26-,31-,32+,42?/m1/s1. The number of pyridine rings is 1. The average Bonchev–Trinajstić information content (AvgIpc) is 4.09. The van der Waals surface area contributed by atoms with Crippen molar-refractivity contribution in [3.8, 4) is 5.88 Å². The quantitative estimate of drug-likeness (QED) is 0.176. The summed E-state index contributed by atoms with van der Waals surface area (Å²) in [7, 11) is -3.90. The van der Waals surface area contributed by atoms with E-state index in [0.717, 1.165) is 24.6 Å². The van der Waals surface area contributed by atoms with Crippen molar-refractivity contribution in [3.05, 3.63) is 60.1 Å². The summed E-state index contributed by atoms with van der Waals surface area (Å²) in [6, 6.07) is 11.7. The molecule has 4 amide bonds. The molecule has 0 spiro atoms. The van der Waals surface area contributed by atoms with Gasteiger partial charge in [-0.3, -0.25) is 23.9 Å². The van der Waals surface area contributed by atoms with Gasteiger partial charge in [0.15, 0.2) is 5.58 Å². The van der Waals surface area contributed by atoms with Gasteiger partial charge in [0, 0.05) is 53.0 Å². The Morgan fingerprint density at radius 3 is 2.46 bits per heavy atom. The zero-order valence-electron chi connectivity index (χ0n) is 32.4. The molecule has 5 atom stereocenters. The van der Waals surface area contributed by atoms with E-state index in [1.54, 1.807) is 18.2 Å². The Hall–Kier alpha value is -4.69. The normalized spacial score (nSPS) is 24.4. The second-order valence-electron chi connectivity index (χ2n) is 17.1. The molecule has 2 aliphatic carbocycles. The van der Waals surface area contributed by atoms with Crippen molar-refractivity contribution < 1.29 is 36.7 Å². The van der Waals surface area contributed by atoms with Crippen molar-refractivity contribution in [1.29, 1.82) is 0 Å². The van der Waals surface area contributed by atoms with Crippen LogP contribution in [0.5, 0.6) is 5.88 Å². The highest BCUT2D eigenvalue weighted by Gasteiger charge is 2.62. The number of sulfonamides is 1. The molecule has 4 fully saturated rings. The van der Waals surface area contributed by atoms with Gasteiger partial charge in [-0.15, -0.1) is 6.58 Å². The zero-order valence-corrected chi connectivity index (χ0v) is 34.0. The van der Waals surface area contributed by atoms with Crippen LogP contribution in [0.2, 0.25) is 5.02 Å². The third-order valence-electron chi connectivity index (χ3n) is 12.0. The number of amides is 4. The topological polar surface area (TPSA) is 168 Å². The van der Waals surface area contributed by atoms with E-state index >= 15 is 0 Å². The number of rotatable bonds is 11. The first-order chi connectivity index (χ1) is 27.1. The number of carbonyl (C=O) groups is 4. The van der Waals surface area contributed by atoms with Gasteiger partial charge in [-0.2, -0.15) is 0 Å². The fraction of sp³-hybridized carbons (Fsp3) is 0.500. The minimum atomic E-state index is -3.90. The first-order valence-electron chi connectivity index (χ1n) is 19.8. The SMILES string of the molecule is C=C[C@@H]1CC1(NC(=O)[C@@H]1C[C@@H](Oc2nc3c4cc(Cl)ccc4oc3c3ccccc23)CN1C(=O)[C@@H](CC(=O)N1CCCCC1)C(C)(C)C)C(=O)NS(=O)(=O)C1CC1. The van der Waals surface area contributed by atoms with Crippen LogP contribution in [-0.2, 0) is 29.2 Å². The predicted octanol–water partition coefficient (Wildman–Crippen LogP) is 5.87. The van der Waals surface area contributed by atoms with Crippen molar-refractivity contribution in [3.63, 3.8) is 0 Å². The molecule has 2 N–H and O–H groups in total. The van der Waals surface area contributed by atoms with Gasteiger partial charge in [-0.05, 0) is 68.2 Å². The third-order valence-corrected chi connectivity index (χ3v) is 14.1. The number of halogens is 1. The van der Waals surface area contributed by atoms with Gasteiger partial charge in [0.2, 0.25) is 33.6 Å². The summed E-state index contributed by atoms with van der Waals surface area (Å²) in [5.41, 5.74) is -0.488. The van der Waals surface area contributed by atoms with Gasteiger partial charge in [-0.25, -0.2) is 13.4 Å². The molecule has 302 valence electrons. The Morgan fingerprint density at radius 1 is 1.07 bits per heavy atom. The summed E-state index contributed by atoms with van der Waals surface area (Å²) in [5, 5.41) is 4.85. The van der Waals surface area contributed by atoms with Crippen LogP contribution in [0.25, 0.3) is 32.8 Å². The summed E-state index contributed by atoms with van der Waals surface area (Å²) in [6.07, 6.45) is 4.76. The van der Waals surface area contributed by atoms with Crippen molar-refractivity contribution >= 4 is 78.1 Å². The molecular weight excluding hydrogens is 770 g/mol. The van der Waals surface area contributed by atoms with E-state index in [1.165, 1.54) is 11.0 Å². The van der Waals surface area contributed by atoms with E-state index in [1.807, 2.05) is 49.9 Å². The van der Waals surface area contributed by atoms with E-state index in [0.29, 0.717) is 58.4 Å². The molecule has 0 radical (unpaired) electrons. The van der Waals surface area contributed by atoms with Crippen LogP contribution in [0.3, 0.4) is 0 Å². The number of ether oxygens (including phenoxy) is 1. The van der Waals surface area contributed by atoms with Crippen LogP contribution in [0.15, 0.2) is 59.5 Å². The molecule has 2 saturated heterocycles. The monoisotopic (exact) mass is 817 g/mol. The highest BCUT2D eigenvalue weighted by molar-refractivity contribution is 7.91. The molecule has 2 saturated carbocycles. The molecule has 8 rings (SSSR count). The molecule has 1 unspecified atom stereocenters. The van der Waals surface area contributed by atoms with Gasteiger partial charge in [-0.1, -0.05) is 56.6 Å². The molecule has 4 aromatic rings.